The number of hydrogen-bond acceptors (Lipinski definition) is 4. The lowest BCUT2D eigenvalue weighted by Gasteiger charge is -2.34. The van der Waals surface area contributed by atoms with E-state index in [-0.39, 0.29) is 12.1 Å². The molecule has 1 heterocycles. The van der Waals surface area contributed by atoms with Crippen molar-refractivity contribution in [2.24, 2.45) is 0 Å². The van der Waals surface area contributed by atoms with Gasteiger partial charge in [0.1, 0.15) is 0 Å². The van der Waals surface area contributed by atoms with Crippen molar-refractivity contribution in [3.8, 4) is 0 Å². The van der Waals surface area contributed by atoms with Crippen molar-refractivity contribution >= 4 is 0 Å². The molecule has 0 saturated carbocycles. The van der Waals surface area contributed by atoms with Crippen LogP contribution in [-0.2, 0) is 4.74 Å². The van der Waals surface area contributed by atoms with E-state index in [1.807, 2.05) is 0 Å². The summed E-state index contributed by atoms with van der Waals surface area (Å²) in [6.45, 7) is 11.8. The molecular weight excluding hydrogens is 252 g/mol. The molecule has 20 heavy (non-hydrogen) atoms. The van der Waals surface area contributed by atoms with Gasteiger partial charge in [0.05, 0.1) is 12.7 Å². The summed E-state index contributed by atoms with van der Waals surface area (Å²) >= 11 is 0. The molecule has 1 aliphatic heterocycles. The molecule has 1 fully saturated rings. The smallest absolute Gasteiger partial charge is 0.0702 e. The third kappa shape index (κ3) is 6.53. The largest absolute Gasteiger partial charge is 0.394 e. The van der Waals surface area contributed by atoms with Gasteiger partial charge in [-0.2, -0.15) is 0 Å². The first kappa shape index (κ1) is 17.9. The summed E-state index contributed by atoms with van der Waals surface area (Å²) in [6.07, 6.45) is 6.15. The van der Waals surface area contributed by atoms with Gasteiger partial charge in [-0.15, -0.1) is 0 Å². The van der Waals surface area contributed by atoms with Crippen LogP contribution in [-0.4, -0.2) is 61.0 Å². The average molecular weight is 286 g/mol. The minimum Gasteiger partial charge on any atom is -0.394 e. The number of aliphatic hydroxyl groups excluding tert-OH is 1. The molecule has 2 N–H and O–H groups in total. The molecule has 0 radical (unpaired) electrons. The zero-order valence-corrected chi connectivity index (χ0v) is 13.7. The molecule has 0 aromatic heterocycles. The third-order valence-corrected chi connectivity index (χ3v) is 4.18. The quantitative estimate of drug-likeness (QED) is 0.645. The maximum atomic E-state index is 9.50. The number of hydrogen-bond donors (Lipinski definition) is 2. The second-order valence-electron chi connectivity index (χ2n) is 6.29. The van der Waals surface area contributed by atoms with Crippen molar-refractivity contribution < 1.29 is 9.84 Å². The Morgan fingerprint density at radius 3 is 2.85 bits per heavy atom. The third-order valence-electron chi connectivity index (χ3n) is 4.18. The minimum atomic E-state index is -0.122. The van der Waals surface area contributed by atoms with Gasteiger partial charge in [-0.3, -0.25) is 0 Å². The minimum absolute atomic E-state index is 0.122. The van der Waals surface area contributed by atoms with Crippen molar-refractivity contribution in [2.45, 2.75) is 64.5 Å². The molecule has 0 bridgehead atoms. The highest BCUT2D eigenvalue weighted by Gasteiger charge is 2.23. The first-order valence-electron chi connectivity index (χ1n) is 8.33. The lowest BCUT2D eigenvalue weighted by atomic mass is 9.96. The predicted octanol–water partition coefficient (Wildman–Crippen LogP) is 2.02. The van der Waals surface area contributed by atoms with Gasteiger partial charge in [0, 0.05) is 18.7 Å². The fourth-order valence-corrected chi connectivity index (χ4v) is 2.98. The van der Waals surface area contributed by atoms with E-state index >= 15 is 0 Å². The van der Waals surface area contributed by atoms with Crippen LogP contribution in [0.3, 0.4) is 0 Å². The van der Waals surface area contributed by atoms with E-state index in [0.29, 0.717) is 6.10 Å². The molecule has 0 aromatic rings. The topological polar surface area (TPSA) is 44.7 Å². The summed E-state index contributed by atoms with van der Waals surface area (Å²) in [5.41, 5.74) is -0.122. The van der Waals surface area contributed by atoms with Gasteiger partial charge >= 0.3 is 0 Å². The summed E-state index contributed by atoms with van der Waals surface area (Å²) in [5, 5.41) is 12.9. The van der Waals surface area contributed by atoms with E-state index in [9.17, 15) is 5.11 Å². The van der Waals surface area contributed by atoms with E-state index in [4.69, 9.17) is 4.74 Å². The van der Waals surface area contributed by atoms with Crippen LogP contribution in [0.25, 0.3) is 0 Å². The number of aliphatic hydroxyl groups is 1. The molecule has 1 saturated heterocycles. The van der Waals surface area contributed by atoms with E-state index in [0.717, 1.165) is 45.5 Å². The van der Waals surface area contributed by atoms with Crippen LogP contribution < -0.4 is 5.32 Å². The fourth-order valence-electron chi connectivity index (χ4n) is 2.98. The summed E-state index contributed by atoms with van der Waals surface area (Å²) in [6, 6.07) is 0. The highest BCUT2D eigenvalue weighted by Crippen LogP contribution is 2.16. The molecule has 4 heteroatoms. The number of nitrogens with zero attached hydrogens (tertiary/aromatic N) is 1. The van der Waals surface area contributed by atoms with E-state index in [1.54, 1.807) is 0 Å². The van der Waals surface area contributed by atoms with Crippen LogP contribution in [0.15, 0.2) is 0 Å². The van der Waals surface area contributed by atoms with E-state index in [1.165, 1.54) is 19.4 Å². The lowest BCUT2D eigenvalue weighted by molar-refractivity contribution is -0.00100. The summed E-state index contributed by atoms with van der Waals surface area (Å²) in [4.78, 5) is 2.52. The van der Waals surface area contributed by atoms with Gasteiger partial charge in [0.2, 0.25) is 0 Å². The van der Waals surface area contributed by atoms with Gasteiger partial charge < -0.3 is 20.1 Å². The maximum absolute atomic E-state index is 9.50. The van der Waals surface area contributed by atoms with Crippen molar-refractivity contribution in [2.75, 3.05) is 39.4 Å². The van der Waals surface area contributed by atoms with Gasteiger partial charge in [0.15, 0.2) is 0 Å². The summed E-state index contributed by atoms with van der Waals surface area (Å²) in [7, 11) is 0. The molecule has 120 valence electrons. The van der Waals surface area contributed by atoms with Crippen molar-refractivity contribution in [1.82, 2.24) is 10.2 Å². The molecule has 2 atom stereocenters. The summed E-state index contributed by atoms with van der Waals surface area (Å²) in [5.74, 6) is 0. The molecule has 0 aliphatic carbocycles. The van der Waals surface area contributed by atoms with Crippen LogP contribution in [0.1, 0.15) is 52.9 Å². The Labute approximate surface area is 124 Å². The van der Waals surface area contributed by atoms with Crippen molar-refractivity contribution in [3.63, 3.8) is 0 Å². The average Bonchev–Trinajstić information content (AvgIpc) is 2.46. The first-order chi connectivity index (χ1) is 9.63. The number of likely N-dealkylation sites (N-methyl/N-ethyl adjacent to an activating group) is 1. The predicted molar refractivity (Wildman–Crippen MR) is 84.1 cm³/mol. The summed E-state index contributed by atoms with van der Waals surface area (Å²) < 4.78 is 5.88. The molecule has 4 nitrogen and oxygen atoms in total. The number of ether oxygens (including phenoxy) is 1. The van der Waals surface area contributed by atoms with Crippen LogP contribution in [0.4, 0.5) is 0 Å². The van der Waals surface area contributed by atoms with E-state index in [2.05, 4.69) is 31.0 Å². The molecule has 0 amide bonds. The van der Waals surface area contributed by atoms with Crippen LogP contribution in [0, 0.1) is 0 Å². The lowest BCUT2D eigenvalue weighted by Crippen LogP contribution is -2.46. The fraction of sp³-hybridized carbons (Fsp3) is 1.00. The van der Waals surface area contributed by atoms with Gasteiger partial charge in [-0.05, 0) is 58.7 Å². The molecule has 1 rings (SSSR count). The normalized spacial score (nSPS) is 23.7. The standard InChI is InChI=1S/C16H34N2O2/c1-4-12-20-15-8-6-10-18(13-15)11-7-9-16(3,14-19)17-5-2/h15,17,19H,4-14H2,1-3H3. The van der Waals surface area contributed by atoms with Crippen LogP contribution >= 0.6 is 0 Å². The van der Waals surface area contributed by atoms with Crippen LogP contribution in [0.2, 0.25) is 0 Å². The van der Waals surface area contributed by atoms with Gasteiger partial charge in [-0.1, -0.05) is 13.8 Å². The Bertz CT molecular complexity index is 251. The van der Waals surface area contributed by atoms with Crippen molar-refractivity contribution in [1.29, 1.82) is 0 Å². The Morgan fingerprint density at radius 1 is 1.40 bits per heavy atom. The molecule has 1 aliphatic rings. The number of rotatable bonds is 10. The van der Waals surface area contributed by atoms with Crippen molar-refractivity contribution in [3.05, 3.63) is 0 Å². The van der Waals surface area contributed by atoms with Gasteiger partial charge in [0.25, 0.3) is 0 Å². The molecule has 0 aromatic carbocycles. The maximum Gasteiger partial charge on any atom is 0.0702 e. The van der Waals surface area contributed by atoms with E-state index < -0.39 is 0 Å². The molecular formula is C16H34N2O2. The monoisotopic (exact) mass is 286 g/mol. The number of piperidine rings is 1. The zero-order valence-electron chi connectivity index (χ0n) is 13.7. The second kappa shape index (κ2) is 9.72. The second-order valence-corrected chi connectivity index (χ2v) is 6.29. The highest BCUT2D eigenvalue weighted by molar-refractivity contribution is 4.82. The van der Waals surface area contributed by atoms with Crippen LogP contribution in [0.5, 0.6) is 0 Å². The zero-order chi connectivity index (χ0) is 14.8. The number of nitrogens with one attached hydrogen (secondary N) is 1. The Balaban J connectivity index is 2.23. The highest BCUT2D eigenvalue weighted by atomic mass is 16.5. The Morgan fingerprint density at radius 2 is 2.20 bits per heavy atom. The van der Waals surface area contributed by atoms with Gasteiger partial charge in [-0.25, -0.2) is 0 Å². The molecule has 2 unspecified atom stereocenters. The number of likely N-dealkylation sites (tertiary alicyclic amines) is 1. The molecule has 0 spiro atoms. The Hall–Kier alpha value is -0.160. The Kier molecular flexibility index (Phi) is 8.69. The SMILES string of the molecule is CCCOC1CCCN(CCCC(C)(CO)NCC)C1. The first-order valence-corrected chi connectivity index (χ1v) is 8.33.